The van der Waals surface area contributed by atoms with E-state index in [2.05, 4.69) is 44.7 Å². The molecule has 9 nitrogen and oxygen atoms in total. The highest BCUT2D eigenvalue weighted by Crippen LogP contribution is 2.33. The molecule has 1 amide bonds. The van der Waals surface area contributed by atoms with Gasteiger partial charge < -0.3 is 26.0 Å². The first kappa shape index (κ1) is 22.0. The number of methoxy groups -OCH3 is 1. The summed E-state index contributed by atoms with van der Waals surface area (Å²) in [6, 6.07) is 13.4. The zero-order valence-corrected chi connectivity index (χ0v) is 18.6. The number of rotatable bonds is 7. The van der Waals surface area contributed by atoms with Crippen LogP contribution in [0.25, 0.3) is 0 Å². The lowest BCUT2D eigenvalue weighted by atomic mass is 9.99. The Morgan fingerprint density at radius 3 is 2.91 bits per heavy atom. The molecule has 3 aromatic rings. The summed E-state index contributed by atoms with van der Waals surface area (Å²) in [6.45, 7) is 2.22. The number of likely N-dealkylation sites (N-methyl/N-ethyl adjacent to an activating group) is 1. The molecule has 0 unspecified atom stereocenters. The lowest BCUT2D eigenvalue weighted by molar-refractivity contribution is 0.100. The summed E-state index contributed by atoms with van der Waals surface area (Å²) in [7, 11) is 3.72. The minimum atomic E-state index is -0.635. The van der Waals surface area contributed by atoms with Gasteiger partial charge in [-0.15, -0.1) is 0 Å². The van der Waals surface area contributed by atoms with E-state index < -0.39 is 5.91 Å². The van der Waals surface area contributed by atoms with Crippen LogP contribution in [0.5, 0.6) is 5.75 Å². The summed E-state index contributed by atoms with van der Waals surface area (Å²) in [6.07, 6.45) is 2.36. The normalized spacial score (nSPS) is 13.0. The maximum atomic E-state index is 11.9. The largest absolute Gasteiger partial charge is 0.495 e. The summed E-state index contributed by atoms with van der Waals surface area (Å²) < 4.78 is 5.58. The van der Waals surface area contributed by atoms with Crippen molar-refractivity contribution in [3.8, 4) is 11.8 Å². The number of anilines is 3. The maximum absolute atomic E-state index is 11.9. The number of nitriles is 1. The lowest BCUT2D eigenvalue weighted by Crippen LogP contribution is -2.26. The fourth-order valence-electron chi connectivity index (χ4n) is 3.81. The second kappa shape index (κ2) is 9.54. The van der Waals surface area contributed by atoms with E-state index in [0.717, 1.165) is 30.8 Å². The zero-order valence-electron chi connectivity index (χ0n) is 18.6. The molecule has 0 spiro atoms. The molecule has 1 aromatic heterocycles. The lowest BCUT2D eigenvalue weighted by Gasteiger charge is -2.26. The summed E-state index contributed by atoms with van der Waals surface area (Å²) in [4.78, 5) is 22.9. The zero-order chi connectivity index (χ0) is 23.4. The van der Waals surface area contributed by atoms with Crippen LogP contribution in [0.2, 0.25) is 0 Å². The molecule has 2 aromatic carbocycles. The second-order valence-electron chi connectivity index (χ2n) is 7.92. The molecule has 4 rings (SSSR count). The van der Waals surface area contributed by atoms with Crippen molar-refractivity contribution < 1.29 is 9.53 Å². The highest BCUT2D eigenvalue weighted by Gasteiger charge is 2.18. The Bertz CT molecular complexity index is 1240. The molecule has 0 radical (unpaired) electrons. The Morgan fingerprint density at radius 2 is 2.15 bits per heavy atom. The Morgan fingerprint density at radius 1 is 1.30 bits per heavy atom. The van der Waals surface area contributed by atoms with Gasteiger partial charge in [0, 0.05) is 25.8 Å². The van der Waals surface area contributed by atoms with Crippen molar-refractivity contribution in [3.63, 3.8) is 0 Å². The van der Waals surface area contributed by atoms with E-state index in [1.165, 1.54) is 17.3 Å². The van der Waals surface area contributed by atoms with E-state index in [1.54, 1.807) is 25.3 Å². The minimum Gasteiger partial charge on any atom is -0.495 e. The van der Waals surface area contributed by atoms with E-state index in [1.807, 2.05) is 12.1 Å². The monoisotopic (exact) mass is 443 g/mol. The van der Waals surface area contributed by atoms with Crippen LogP contribution in [0.4, 0.5) is 17.5 Å². The van der Waals surface area contributed by atoms with Crippen molar-refractivity contribution in [3.05, 3.63) is 70.4 Å². The molecular formula is C24H25N7O2. The number of nitrogens with zero attached hydrogens (tertiary/aromatic N) is 4. The molecule has 0 saturated heterocycles. The van der Waals surface area contributed by atoms with Crippen LogP contribution < -0.4 is 21.1 Å². The maximum Gasteiger partial charge on any atom is 0.254 e. The number of carbonyl (C=O) groups is 1. The van der Waals surface area contributed by atoms with Crippen LogP contribution in [-0.2, 0) is 19.5 Å². The molecule has 1 aliphatic rings. The SMILES string of the molecule is COc1cc2c(cc1Nc1ncc(C(N)=O)c(NCc3cccc(C#N)c3)n1)CN(C)CC2. The molecule has 0 fully saturated rings. The standard InChI is InChI=1S/C24H25N7O2/c1-31-7-6-17-10-21(33-2)20(9-18(17)14-31)29-24-28-13-19(22(26)32)23(30-24)27-12-16-5-3-4-15(8-16)11-25/h3-5,8-10,13H,6-7,12,14H2,1-2H3,(H2,26,32)(H2,27,28,29,30). The Labute approximate surface area is 192 Å². The van der Waals surface area contributed by atoms with E-state index >= 15 is 0 Å². The van der Waals surface area contributed by atoms with Gasteiger partial charge in [0.25, 0.3) is 5.91 Å². The van der Waals surface area contributed by atoms with Gasteiger partial charge in [-0.1, -0.05) is 12.1 Å². The molecule has 168 valence electrons. The van der Waals surface area contributed by atoms with Gasteiger partial charge in [0.15, 0.2) is 0 Å². The van der Waals surface area contributed by atoms with E-state index in [-0.39, 0.29) is 5.56 Å². The van der Waals surface area contributed by atoms with Crippen molar-refractivity contribution in [2.45, 2.75) is 19.5 Å². The van der Waals surface area contributed by atoms with Gasteiger partial charge in [-0.25, -0.2) is 4.98 Å². The number of primary amides is 1. The van der Waals surface area contributed by atoms with Crippen LogP contribution in [0.1, 0.15) is 32.6 Å². The minimum absolute atomic E-state index is 0.177. The molecular weight excluding hydrogens is 418 g/mol. The topological polar surface area (TPSA) is 129 Å². The molecule has 4 N–H and O–H groups in total. The van der Waals surface area contributed by atoms with Crippen molar-refractivity contribution >= 4 is 23.4 Å². The molecule has 0 aliphatic carbocycles. The third-order valence-electron chi connectivity index (χ3n) is 5.54. The number of hydrogen-bond acceptors (Lipinski definition) is 8. The van der Waals surface area contributed by atoms with Gasteiger partial charge in [-0.05, 0) is 54.4 Å². The molecule has 0 saturated carbocycles. The quantitative estimate of drug-likeness (QED) is 0.508. The van der Waals surface area contributed by atoms with Gasteiger partial charge >= 0.3 is 0 Å². The van der Waals surface area contributed by atoms with Gasteiger partial charge in [0.2, 0.25) is 5.95 Å². The van der Waals surface area contributed by atoms with Crippen LogP contribution >= 0.6 is 0 Å². The number of aromatic nitrogens is 2. The smallest absolute Gasteiger partial charge is 0.254 e. The molecule has 2 heterocycles. The highest BCUT2D eigenvalue weighted by atomic mass is 16.5. The summed E-state index contributed by atoms with van der Waals surface area (Å²) in [5.41, 5.74) is 10.4. The van der Waals surface area contributed by atoms with Crippen molar-refractivity contribution in [2.75, 3.05) is 31.3 Å². The van der Waals surface area contributed by atoms with Crippen molar-refractivity contribution in [1.82, 2.24) is 14.9 Å². The first-order valence-corrected chi connectivity index (χ1v) is 10.5. The van der Waals surface area contributed by atoms with E-state index in [9.17, 15) is 4.79 Å². The number of benzene rings is 2. The number of nitrogens with one attached hydrogen (secondary N) is 2. The van der Waals surface area contributed by atoms with Crippen LogP contribution in [0, 0.1) is 11.3 Å². The van der Waals surface area contributed by atoms with Gasteiger partial charge in [0.1, 0.15) is 11.6 Å². The molecule has 9 heteroatoms. The Kier molecular flexibility index (Phi) is 6.38. The fourth-order valence-corrected chi connectivity index (χ4v) is 3.81. The average molecular weight is 444 g/mol. The van der Waals surface area contributed by atoms with Crippen molar-refractivity contribution in [2.24, 2.45) is 5.73 Å². The molecule has 0 bridgehead atoms. The van der Waals surface area contributed by atoms with Crippen LogP contribution in [0.3, 0.4) is 0 Å². The third kappa shape index (κ3) is 5.02. The Hall–Kier alpha value is -4.16. The third-order valence-corrected chi connectivity index (χ3v) is 5.54. The number of ether oxygens (including phenoxy) is 1. The number of nitrogens with two attached hydrogens (primary N) is 1. The number of carbonyl (C=O) groups excluding carboxylic acids is 1. The number of amides is 1. The first-order chi connectivity index (χ1) is 16.0. The predicted molar refractivity (Wildman–Crippen MR) is 125 cm³/mol. The Balaban J connectivity index is 1.61. The van der Waals surface area contributed by atoms with Gasteiger partial charge in [0.05, 0.1) is 30.0 Å². The first-order valence-electron chi connectivity index (χ1n) is 10.5. The molecule has 0 atom stereocenters. The molecule has 33 heavy (non-hydrogen) atoms. The fraction of sp³-hybridized carbons (Fsp3) is 0.250. The van der Waals surface area contributed by atoms with Crippen LogP contribution in [0.15, 0.2) is 42.6 Å². The summed E-state index contributed by atoms with van der Waals surface area (Å²) in [5, 5.41) is 15.4. The number of hydrogen-bond donors (Lipinski definition) is 3. The van der Waals surface area contributed by atoms with Gasteiger partial charge in [-0.2, -0.15) is 10.2 Å². The van der Waals surface area contributed by atoms with Gasteiger partial charge in [-0.3, -0.25) is 4.79 Å². The summed E-state index contributed by atoms with van der Waals surface area (Å²) in [5.74, 6) is 0.669. The average Bonchev–Trinajstić information content (AvgIpc) is 2.82. The second-order valence-corrected chi connectivity index (χ2v) is 7.92. The highest BCUT2D eigenvalue weighted by molar-refractivity contribution is 5.97. The number of fused-ring (bicyclic) bond motifs is 1. The summed E-state index contributed by atoms with van der Waals surface area (Å²) >= 11 is 0. The molecule has 1 aliphatic heterocycles. The van der Waals surface area contributed by atoms with E-state index in [4.69, 9.17) is 15.7 Å². The van der Waals surface area contributed by atoms with Crippen LogP contribution in [-0.4, -0.2) is 41.5 Å². The van der Waals surface area contributed by atoms with Crippen molar-refractivity contribution in [1.29, 1.82) is 5.26 Å². The van der Waals surface area contributed by atoms with E-state index in [0.29, 0.717) is 29.6 Å². The predicted octanol–water partition coefficient (Wildman–Crippen LogP) is 2.80.